The van der Waals surface area contributed by atoms with Crippen molar-refractivity contribution in [2.24, 2.45) is 5.92 Å². The summed E-state index contributed by atoms with van der Waals surface area (Å²) in [4.78, 5) is 0. The van der Waals surface area contributed by atoms with E-state index in [4.69, 9.17) is 0 Å². The molecule has 2 heteroatoms. The molecule has 1 fully saturated rings. The number of halogens is 2. The minimum Gasteiger partial charge on any atom is -0.231 e. The number of unbranched alkanes of at least 4 members (excludes halogenated alkanes) is 1. The van der Waals surface area contributed by atoms with E-state index in [0.29, 0.717) is 5.92 Å². The quantitative estimate of drug-likeness (QED) is 0.606. The van der Waals surface area contributed by atoms with Crippen LogP contribution in [0.15, 0.2) is 0 Å². The lowest BCUT2D eigenvalue weighted by Gasteiger charge is -1.95. The van der Waals surface area contributed by atoms with Gasteiger partial charge in [-0.15, -0.1) is 0 Å². The van der Waals surface area contributed by atoms with Crippen molar-refractivity contribution in [2.75, 3.05) is 0 Å². The van der Waals surface area contributed by atoms with Crippen LogP contribution < -0.4 is 0 Å². The van der Waals surface area contributed by atoms with Crippen LogP contribution in [0.3, 0.4) is 0 Å². The van der Waals surface area contributed by atoms with Gasteiger partial charge in [0.15, 0.2) is 4.58 Å². The molecule has 9 heavy (non-hydrogen) atoms. The van der Waals surface area contributed by atoms with Crippen LogP contribution in [0.5, 0.6) is 0 Å². The second-order valence-corrected chi connectivity index (χ2v) is 4.12. The molecule has 0 bridgehead atoms. The molecule has 0 aliphatic heterocycles. The van der Waals surface area contributed by atoms with E-state index in [2.05, 4.69) is 22.9 Å². The molecule has 0 N–H and O–H groups in total. The van der Waals surface area contributed by atoms with Gasteiger partial charge in [0, 0.05) is 5.92 Å². The lowest BCUT2D eigenvalue weighted by Crippen LogP contribution is -1.89. The Morgan fingerprint density at radius 3 is 2.67 bits per heavy atom. The highest BCUT2D eigenvalue weighted by Crippen LogP contribution is 2.54. The maximum Gasteiger partial charge on any atom is 0.168 e. The Morgan fingerprint density at radius 1 is 1.78 bits per heavy atom. The number of hydrogen-bond acceptors (Lipinski definition) is 0. The summed E-state index contributed by atoms with van der Waals surface area (Å²) in [5.41, 5.74) is 0. The van der Waals surface area contributed by atoms with Crippen molar-refractivity contribution >= 4 is 15.9 Å². The molecule has 1 saturated carbocycles. The third kappa shape index (κ3) is 1.92. The van der Waals surface area contributed by atoms with Crippen molar-refractivity contribution in [3.05, 3.63) is 0 Å². The Kier molecular flexibility index (Phi) is 2.14. The van der Waals surface area contributed by atoms with Crippen LogP contribution >= 0.6 is 15.9 Å². The van der Waals surface area contributed by atoms with Crippen LogP contribution in [0.4, 0.5) is 4.39 Å². The first-order valence-corrected chi connectivity index (χ1v) is 4.34. The lowest BCUT2D eigenvalue weighted by molar-refractivity contribution is 0.402. The molecule has 0 radical (unpaired) electrons. The molecule has 0 heterocycles. The molecular weight excluding hydrogens is 183 g/mol. The van der Waals surface area contributed by atoms with E-state index < -0.39 is 4.58 Å². The summed E-state index contributed by atoms with van der Waals surface area (Å²) in [7, 11) is 0. The fraction of sp³-hybridized carbons (Fsp3) is 1.00. The summed E-state index contributed by atoms with van der Waals surface area (Å²) in [5.74, 6) is 0.317. The van der Waals surface area contributed by atoms with Crippen LogP contribution in [0.1, 0.15) is 32.6 Å². The van der Waals surface area contributed by atoms with Gasteiger partial charge in [0.25, 0.3) is 0 Å². The molecule has 2 atom stereocenters. The molecule has 0 aromatic heterocycles. The van der Waals surface area contributed by atoms with E-state index in [0.717, 1.165) is 12.8 Å². The van der Waals surface area contributed by atoms with Crippen molar-refractivity contribution in [3.63, 3.8) is 0 Å². The summed E-state index contributed by atoms with van der Waals surface area (Å²) < 4.78 is 11.7. The first-order valence-electron chi connectivity index (χ1n) is 3.54. The normalized spacial score (nSPS) is 41.0. The molecule has 0 unspecified atom stereocenters. The molecule has 1 aliphatic carbocycles. The Bertz CT molecular complexity index is 101. The van der Waals surface area contributed by atoms with Gasteiger partial charge in [0.1, 0.15) is 0 Å². The second kappa shape index (κ2) is 2.57. The topological polar surface area (TPSA) is 0 Å². The van der Waals surface area contributed by atoms with Crippen LogP contribution in [0.2, 0.25) is 0 Å². The zero-order chi connectivity index (χ0) is 6.91. The van der Waals surface area contributed by atoms with Gasteiger partial charge in [-0.05, 0) is 28.8 Å². The van der Waals surface area contributed by atoms with Crippen molar-refractivity contribution in [1.29, 1.82) is 0 Å². The molecule has 0 amide bonds. The van der Waals surface area contributed by atoms with E-state index in [9.17, 15) is 4.39 Å². The summed E-state index contributed by atoms with van der Waals surface area (Å²) in [6, 6.07) is 0. The largest absolute Gasteiger partial charge is 0.231 e. The molecule has 0 aromatic carbocycles. The van der Waals surface area contributed by atoms with Crippen LogP contribution in [-0.4, -0.2) is 4.58 Å². The van der Waals surface area contributed by atoms with E-state index in [1.165, 1.54) is 12.8 Å². The van der Waals surface area contributed by atoms with Crippen LogP contribution in [-0.2, 0) is 0 Å². The number of rotatable bonds is 3. The van der Waals surface area contributed by atoms with E-state index in [1.807, 2.05) is 0 Å². The minimum atomic E-state index is -0.970. The molecule has 54 valence electrons. The molecule has 0 aromatic rings. The van der Waals surface area contributed by atoms with E-state index in [1.54, 1.807) is 0 Å². The van der Waals surface area contributed by atoms with E-state index in [-0.39, 0.29) is 0 Å². The van der Waals surface area contributed by atoms with Crippen molar-refractivity contribution in [2.45, 2.75) is 37.2 Å². The molecule has 0 saturated heterocycles. The average molecular weight is 195 g/mol. The summed E-state index contributed by atoms with van der Waals surface area (Å²) in [6.07, 6.45) is 4.13. The van der Waals surface area contributed by atoms with Crippen LogP contribution in [0.25, 0.3) is 0 Å². The molecule has 1 aliphatic rings. The molecular formula is C7H12BrF. The fourth-order valence-electron chi connectivity index (χ4n) is 1.03. The Morgan fingerprint density at radius 2 is 2.33 bits per heavy atom. The first-order chi connectivity index (χ1) is 4.17. The van der Waals surface area contributed by atoms with Crippen molar-refractivity contribution < 1.29 is 4.39 Å². The number of alkyl halides is 2. The monoisotopic (exact) mass is 194 g/mol. The second-order valence-electron chi connectivity index (χ2n) is 2.80. The maximum absolute atomic E-state index is 12.7. The Balaban J connectivity index is 2.06. The maximum atomic E-state index is 12.7. The molecule has 1 rings (SSSR count). The van der Waals surface area contributed by atoms with Crippen molar-refractivity contribution in [1.82, 2.24) is 0 Å². The third-order valence-corrected chi connectivity index (χ3v) is 2.83. The van der Waals surface area contributed by atoms with Gasteiger partial charge in [-0.1, -0.05) is 19.8 Å². The van der Waals surface area contributed by atoms with Crippen LogP contribution in [0, 0.1) is 5.92 Å². The predicted molar refractivity (Wildman–Crippen MR) is 40.4 cm³/mol. The van der Waals surface area contributed by atoms with Gasteiger partial charge in [-0.2, -0.15) is 0 Å². The highest BCUT2D eigenvalue weighted by Gasteiger charge is 2.52. The van der Waals surface area contributed by atoms with Crippen molar-refractivity contribution in [3.8, 4) is 0 Å². The van der Waals surface area contributed by atoms with Gasteiger partial charge in [0.05, 0.1) is 0 Å². The van der Waals surface area contributed by atoms with Gasteiger partial charge in [-0.3, -0.25) is 0 Å². The SMILES string of the molecule is CCCC[C@@H]1C[C@]1(F)Br. The smallest absolute Gasteiger partial charge is 0.168 e. The Hall–Kier alpha value is 0.410. The predicted octanol–water partition coefficient (Wildman–Crippen LogP) is 3.26. The summed E-state index contributed by atoms with van der Waals surface area (Å²) >= 11 is 3.02. The summed E-state index contributed by atoms with van der Waals surface area (Å²) in [6.45, 7) is 2.14. The summed E-state index contributed by atoms with van der Waals surface area (Å²) in [5, 5.41) is 0. The highest BCUT2D eigenvalue weighted by molar-refractivity contribution is 9.10. The van der Waals surface area contributed by atoms with Gasteiger partial charge >= 0.3 is 0 Å². The lowest BCUT2D eigenvalue weighted by atomic mass is 10.2. The van der Waals surface area contributed by atoms with Gasteiger partial charge < -0.3 is 0 Å². The standard InChI is InChI=1S/C7H12BrF/c1-2-3-4-6-5-7(6,8)9/h6H,2-5H2,1H3/t6-,7-/m1/s1. The molecule has 0 spiro atoms. The fourth-order valence-corrected chi connectivity index (χ4v) is 1.65. The average Bonchev–Trinajstić information content (AvgIpc) is 2.35. The zero-order valence-corrected chi connectivity index (χ0v) is 7.25. The third-order valence-electron chi connectivity index (χ3n) is 1.86. The highest BCUT2D eigenvalue weighted by atomic mass is 79.9. The number of hydrogen-bond donors (Lipinski definition) is 0. The zero-order valence-electron chi connectivity index (χ0n) is 5.66. The molecule has 0 nitrogen and oxygen atoms in total. The van der Waals surface area contributed by atoms with Gasteiger partial charge in [0.2, 0.25) is 0 Å². The van der Waals surface area contributed by atoms with Gasteiger partial charge in [-0.25, -0.2) is 4.39 Å². The first kappa shape index (κ1) is 7.52. The Labute approximate surface area is 64.0 Å². The van der Waals surface area contributed by atoms with E-state index >= 15 is 0 Å². The minimum absolute atomic E-state index is 0.317.